The summed E-state index contributed by atoms with van der Waals surface area (Å²) in [4.78, 5) is 11.9. The molecule has 2 aromatic heterocycles. The maximum atomic E-state index is 5.86. The minimum absolute atomic E-state index is 0.397. The van der Waals surface area contributed by atoms with Crippen LogP contribution in [-0.2, 0) is 16.0 Å². The number of piperidine rings is 1. The summed E-state index contributed by atoms with van der Waals surface area (Å²) in [6.07, 6.45) is 3.36. The summed E-state index contributed by atoms with van der Waals surface area (Å²) < 4.78 is 17.1. The van der Waals surface area contributed by atoms with E-state index in [9.17, 15) is 0 Å². The Labute approximate surface area is 169 Å². The molecule has 0 atom stereocenters. The van der Waals surface area contributed by atoms with E-state index in [1.807, 2.05) is 48.5 Å². The van der Waals surface area contributed by atoms with Gasteiger partial charge in [0.05, 0.1) is 26.0 Å². The largest absolute Gasteiger partial charge is 0.467 e. The smallest absolute Gasteiger partial charge is 0.171 e. The third-order valence-corrected chi connectivity index (χ3v) is 5.43. The molecule has 0 amide bonds. The lowest BCUT2D eigenvalue weighted by atomic mass is 10.0. The Morgan fingerprint density at radius 2 is 1.76 bits per heavy atom. The van der Waals surface area contributed by atoms with Gasteiger partial charge in [0.1, 0.15) is 17.4 Å². The van der Waals surface area contributed by atoms with Crippen molar-refractivity contribution in [2.45, 2.75) is 25.2 Å². The number of hydrogen-bond acceptors (Lipinski definition) is 7. The van der Waals surface area contributed by atoms with Crippen LogP contribution in [0, 0.1) is 0 Å². The standard InChI is InChI=1S/C22H24N4O3/c1-2-5-17(6-3-1)21-24-19(23-16-18-7-4-12-27-18)15-20(25-21)26-10-8-22(9-11-26)28-13-14-29-22/h1-7,12,15H,8-11,13-14,16H2,(H,23,24,25). The van der Waals surface area contributed by atoms with E-state index < -0.39 is 5.79 Å². The molecule has 0 bridgehead atoms. The molecular formula is C22H24N4O3. The molecule has 2 aliphatic rings. The van der Waals surface area contributed by atoms with Gasteiger partial charge in [-0.05, 0) is 12.1 Å². The second-order valence-corrected chi connectivity index (χ2v) is 7.33. The van der Waals surface area contributed by atoms with Gasteiger partial charge < -0.3 is 24.1 Å². The number of aromatic nitrogens is 2. The normalized spacial score (nSPS) is 18.3. The highest BCUT2D eigenvalue weighted by molar-refractivity contribution is 5.61. The fourth-order valence-electron chi connectivity index (χ4n) is 3.86. The molecule has 7 nitrogen and oxygen atoms in total. The van der Waals surface area contributed by atoms with Crippen molar-refractivity contribution in [2.24, 2.45) is 0 Å². The minimum atomic E-state index is -0.397. The van der Waals surface area contributed by atoms with Gasteiger partial charge in [0, 0.05) is 37.6 Å². The lowest BCUT2D eigenvalue weighted by Gasteiger charge is -2.38. The zero-order valence-electron chi connectivity index (χ0n) is 16.2. The number of benzene rings is 1. The van der Waals surface area contributed by atoms with E-state index in [0.29, 0.717) is 25.6 Å². The van der Waals surface area contributed by atoms with Crippen molar-refractivity contribution in [3.63, 3.8) is 0 Å². The Bertz CT molecular complexity index is 930. The van der Waals surface area contributed by atoms with Crippen LogP contribution in [0.4, 0.5) is 11.6 Å². The molecule has 5 rings (SSSR count). The molecule has 2 saturated heterocycles. The van der Waals surface area contributed by atoms with E-state index in [1.165, 1.54) is 0 Å². The topological polar surface area (TPSA) is 72.7 Å². The summed E-state index contributed by atoms with van der Waals surface area (Å²) in [6.45, 7) is 3.62. The Morgan fingerprint density at radius 1 is 0.966 bits per heavy atom. The van der Waals surface area contributed by atoms with E-state index in [4.69, 9.17) is 23.9 Å². The predicted molar refractivity (Wildman–Crippen MR) is 110 cm³/mol. The monoisotopic (exact) mass is 392 g/mol. The van der Waals surface area contributed by atoms with E-state index in [2.05, 4.69) is 10.2 Å². The lowest BCUT2D eigenvalue weighted by molar-refractivity contribution is -0.169. The Hall–Kier alpha value is -2.90. The molecule has 150 valence electrons. The Kier molecular flexibility index (Phi) is 4.91. The lowest BCUT2D eigenvalue weighted by Crippen LogP contribution is -2.45. The molecule has 1 spiro atoms. The number of nitrogens with zero attached hydrogens (tertiary/aromatic N) is 3. The molecule has 0 saturated carbocycles. The van der Waals surface area contributed by atoms with E-state index in [-0.39, 0.29) is 0 Å². The van der Waals surface area contributed by atoms with Gasteiger partial charge in [0.2, 0.25) is 0 Å². The number of ether oxygens (including phenoxy) is 2. The molecular weight excluding hydrogens is 368 g/mol. The molecule has 1 N–H and O–H groups in total. The second-order valence-electron chi connectivity index (χ2n) is 7.33. The van der Waals surface area contributed by atoms with Crippen LogP contribution in [0.25, 0.3) is 11.4 Å². The van der Waals surface area contributed by atoms with Crippen molar-refractivity contribution < 1.29 is 13.9 Å². The van der Waals surface area contributed by atoms with Gasteiger partial charge in [-0.3, -0.25) is 0 Å². The van der Waals surface area contributed by atoms with Gasteiger partial charge in [0.15, 0.2) is 11.6 Å². The van der Waals surface area contributed by atoms with Gasteiger partial charge >= 0.3 is 0 Å². The average Bonchev–Trinajstić information content (AvgIpc) is 3.46. The van der Waals surface area contributed by atoms with Gasteiger partial charge in [-0.15, -0.1) is 0 Å². The maximum Gasteiger partial charge on any atom is 0.171 e. The highest BCUT2D eigenvalue weighted by Crippen LogP contribution is 2.33. The average molecular weight is 392 g/mol. The SMILES string of the molecule is c1ccc(-c2nc(NCc3ccco3)cc(N3CCC4(CC3)OCCO4)n2)cc1. The molecule has 0 radical (unpaired) electrons. The molecule has 7 heteroatoms. The summed E-state index contributed by atoms with van der Waals surface area (Å²) in [7, 11) is 0. The zero-order chi connectivity index (χ0) is 19.5. The molecule has 4 heterocycles. The molecule has 2 fully saturated rings. The first kappa shape index (κ1) is 18.1. The summed E-state index contributed by atoms with van der Waals surface area (Å²) in [5.74, 6) is 2.86. The van der Waals surface area contributed by atoms with E-state index in [1.54, 1.807) is 6.26 Å². The number of rotatable bonds is 5. The highest BCUT2D eigenvalue weighted by Gasteiger charge is 2.40. The minimum Gasteiger partial charge on any atom is -0.467 e. The fraction of sp³-hybridized carbons (Fsp3) is 0.364. The van der Waals surface area contributed by atoms with Crippen molar-refractivity contribution in [3.8, 4) is 11.4 Å². The number of furan rings is 1. The van der Waals surface area contributed by atoms with Crippen molar-refractivity contribution in [1.82, 2.24) is 9.97 Å². The summed E-state index contributed by atoms with van der Waals surface area (Å²) in [6, 6.07) is 15.9. The van der Waals surface area contributed by atoms with E-state index in [0.717, 1.165) is 48.9 Å². The highest BCUT2D eigenvalue weighted by atomic mass is 16.7. The van der Waals surface area contributed by atoms with Crippen molar-refractivity contribution in [1.29, 1.82) is 0 Å². The van der Waals surface area contributed by atoms with Crippen LogP contribution in [0.1, 0.15) is 18.6 Å². The third kappa shape index (κ3) is 3.97. The van der Waals surface area contributed by atoms with Crippen LogP contribution < -0.4 is 10.2 Å². The number of nitrogens with one attached hydrogen (secondary N) is 1. The van der Waals surface area contributed by atoms with Crippen molar-refractivity contribution in [2.75, 3.05) is 36.5 Å². The van der Waals surface area contributed by atoms with Crippen LogP contribution in [0.5, 0.6) is 0 Å². The first-order chi connectivity index (χ1) is 14.3. The zero-order valence-corrected chi connectivity index (χ0v) is 16.2. The maximum absolute atomic E-state index is 5.86. The van der Waals surface area contributed by atoms with Gasteiger partial charge in [-0.1, -0.05) is 30.3 Å². The predicted octanol–water partition coefficient (Wildman–Crippen LogP) is 3.69. The summed E-state index contributed by atoms with van der Waals surface area (Å²) in [5, 5.41) is 3.36. The Balaban J connectivity index is 1.40. The molecule has 29 heavy (non-hydrogen) atoms. The first-order valence-corrected chi connectivity index (χ1v) is 10.0. The summed E-state index contributed by atoms with van der Waals surface area (Å²) >= 11 is 0. The van der Waals surface area contributed by atoms with Crippen molar-refractivity contribution in [3.05, 3.63) is 60.6 Å². The third-order valence-electron chi connectivity index (χ3n) is 5.43. The van der Waals surface area contributed by atoms with E-state index >= 15 is 0 Å². The van der Waals surface area contributed by atoms with Gasteiger partial charge in [0.25, 0.3) is 0 Å². The Morgan fingerprint density at radius 3 is 2.48 bits per heavy atom. The molecule has 1 aromatic carbocycles. The quantitative estimate of drug-likeness (QED) is 0.710. The van der Waals surface area contributed by atoms with Crippen LogP contribution in [0.2, 0.25) is 0 Å². The van der Waals surface area contributed by atoms with Gasteiger partial charge in [-0.25, -0.2) is 9.97 Å². The van der Waals surface area contributed by atoms with Crippen LogP contribution in [0.3, 0.4) is 0 Å². The molecule has 0 aliphatic carbocycles. The number of hydrogen-bond donors (Lipinski definition) is 1. The fourth-order valence-corrected chi connectivity index (χ4v) is 3.86. The van der Waals surface area contributed by atoms with Crippen LogP contribution in [-0.4, -0.2) is 42.1 Å². The molecule has 0 unspecified atom stereocenters. The molecule has 2 aliphatic heterocycles. The molecule has 3 aromatic rings. The first-order valence-electron chi connectivity index (χ1n) is 10.0. The second kappa shape index (κ2) is 7.85. The van der Waals surface area contributed by atoms with Crippen LogP contribution in [0.15, 0.2) is 59.2 Å². The summed E-state index contributed by atoms with van der Waals surface area (Å²) in [5.41, 5.74) is 0.992. The number of anilines is 2. The van der Waals surface area contributed by atoms with Gasteiger partial charge in [-0.2, -0.15) is 0 Å². The van der Waals surface area contributed by atoms with Crippen molar-refractivity contribution >= 4 is 11.6 Å². The van der Waals surface area contributed by atoms with Crippen LogP contribution >= 0.6 is 0 Å².